The summed E-state index contributed by atoms with van der Waals surface area (Å²) in [7, 11) is 1.63. The summed E-state index contributed by atoms with van der Waals surface area (Å²) in [5.74, 6) is 0.606. The van der Waals surface area contributed by atoms with Gasteiger partial charge in [-0.1, -0.05) is 0 Å². The Balaban J connectivity index is 1.40. The quantitative estimate of drug-likeness (QED) is 0.754. The van der Waals surface area contributed by atoms with Crippen LogP contribution in [0.25, 0.3) is 0 Å². The number of methoxy groups -OCH3 is 1. The molecule has 0 spiro atoms. The van der Waals surface area contributed by atoms with Gasteiger partial charge in [-0.05, 0) is 24.1 Å². The maximum atomic E-state index is 11.8. The molecule has 3 rings (SSSR count). The lowest BCUT2D eigenvalue weighted by Crippen LogP contribution is -2.31. The van der Waals surface area contributed by atoms with Crippen molar-refractivity contribution in [1.29, 1.82) is 0 Å². The molecular weight excluding hydrogens is 294 g/mol. The Bertz CT molecular complexity index is 497. The molecule has 2 saturated heterocycles. The highest BCUT2D eigenvalue weighted by Gasteiger charge is 2.42. The molecule has 0 aromatic carbocycles. The minimum atomic E-state index is 0.0562. The maximum Gasteiger partial charge on any atom is 0.222 e. The standard InChI is InChI=1S/C17H25N3O3/c1-22-7-6-19-17(21)9-15-8-14-11-20(12-16(14)23-15)10-13-2-4-18-5-3-13/h2-5,14-16H,6-12H2,1H3,(H,19,21)/t14-,15-,16-/m1/s1. The molecule has 126 valence electrons. The topological polar surface area (TPSA) is 63.7 Å². The molecule has 23 heavy (non-hydrogen) atoms. The number of hydrogen-bond donors (Lipinski definition) is 1. The second-order valence-electron chi connectivity index (χ2n) is 6.39. The predicted molar refractivity (Wildman–Crippen MR) is 85.8 cm³/mol. The van der Waals surface area contributed by atoms with Gasteiger partial charge in [-0.2, -0.15) is 0 Å². The van der Waals surface area contributed by atoms with Crippen LogP contribution in [0, 0.1) is 5.92 Å². The van der Waals surface area contributed by atoms with Crippen LogP contribution in [0.3, 0.4) is 0 Å². The molecule has 1 aromatic heterocycles. The fraction of sp³-hybridized carbons (Fsp3) is 0.647. The summed E-state index contributed by atoms with van der Waals surface area (Å²) in [6.45, 7) is 4.06. The molecule has 2 aliphatic heterocycles. The van der Waals surface area contributed by atoms with Crippen molar-refractivity contribution in [3.8, 4) is 0 Å². The number of ether oxygens (including phenoxy) is 2. The van der Waals surface area contributed by atoms with Gasteiger partial charge in [0.15, 0.2) is 0 Å². The first kappa shape index (κ1) is 16.4. The van der Waals surface area contributed by atoms with Crippen LogP contribution in [0.2, 0.25) is 0 Å². The van der Waals surface area contributed by atoms with Gasteiger partial charge in [0.05, 0.1) is 25.2 Å². The molecule has 2 fully saturated rings. The molecule has 1 N–H and O–H groups in total. The van der Waals surface area contributed by atoms with Crippen LogP contribution in [-0.4, -0.2) is 61.3 Å². The van der Waals surface area contributed by atoms with Gasteiger partial charge in [-0.3, -0.25) is 14.7 Å². The Morgan fingerprint density at radius 2 is 2.26 bits per heavy atom. The van der Waals surface area contributed by atoms with E-state index in [1.54, 1.807) is 7.11 Å². The van der Waals surface area contributed by atoms with E-state index in [0.717, 1.165) is 26.1 Å². The number of amides is 1. The van der Waals surface area contributed by atoms with Crippen molar-refractivity contribution in [2.24, 2.45) is 5.92 Å². The number of nitrogens with zero attached hydrogens (tertiary/aromatic N) is 2. The maximum absolute atomic E-state index is 11.8. The smallest absolute Gasteiger partial charge is 0.222 e. The van der Waals surface area contributed by atoms with Gasteiger partial charge in [-0.15, -0.1) is 0 Å². The number of fused-ring (bicyclic) bond motifs is 1. The summed E-state index contributed by atoms with van der Waals surface area (Å²) in [5, 5.41) is 2.86. The fourth-order valence-corrected chi connectivity index (χ4v) is 3.53. The van der Waals surface area contributed by atoms with Crippen LogP contribution in [-0.2, 0) is 20.8 Å². The molecule has 2 aliphatic rings. The number of likely N-dealkylation sites (tertiary alicyclic amines) is 1. The number of pyridine rings is 1. The predicted octanol–water partition coefficient (Wildman–Crippen LogP) is 0.824. The molecule has 0 bridgehead atoms. The monoisotopic (exact) mass is 319 g/mol. The average molecular weight is 319 g/mol. The first-order chi connectivity index (χ1) is 11.2. The van der Waals surface area contributed by atoms with Gasteiger partial charge in [0, 0.05) is 51.6 Å². The Labute approximate surface area is 137 Å². The van der Waals surface area contributed by atoms with E-state index in [1.165, 1.54) is 5.56 Å². The zero-order valence-electron chi connectivity index (χ0n) is 13.6. The van der Waals surface area contributed by atoms with Crippen LogP contribution in [0.15, 0.2) is 24.5 Å². The van der Waals surface area contributed by atoms with Crippen LogP contribution in [0.4, 0.5) is 0 Å². The van der Waals surface area contributed by atoms with Gasteiger partial charge in [-0.25, -0.2) is 0 Å². The molecule has 0 radical (unpaired) electrons. The van der Waals surface area contributed by atoms with Gasteiger partial charge in [0.25, 0.3) is 0 Å². The number of nitrogens with one attached hydrogen (secondary N) is 1. The highest BCUT2D eigenvalue weighted by atomic mass is 16.5. The Morgan fingerprint density at radius 1 is 1.43 bits per heavy atom. The van der Waals surface area contributed by atoms with E-state index in [1.807, 2.05) is 12.4 Å². The van der Waals surface area contributed by atoms with Crippen LogP contribution >= 0.6 is 0 Å². The second kappa shape index (κ2) is 7.86. The van der Waals surface area contributed by atoms with Crippen molar-refractivity contribution < 1.29 is 14.3 Å². The first-order valence-electron chi connectivity index (χ1n) is 8.27. The van der Waals surface area contributed by atoms with E-state index in [2.05, 4.69) is 27.3 Å². The number of carbonyl (C=O) groups is 1. The SMILES string of the molecule is COCCNC(=O)C[C@H]1C[C@@H]2CN(Cc3ccncc3)C[C@H]2O1. The van der Waals surface area contributed by atoms with Crippen LogP contribution in [0.1, 0.15) is 18.4 Å². The molecule has 0 unspecified atom stereocenters. The molecule has 3 atom stereocenters. The number of carbonyl (C=O) groups excluding carboxylic acids is 1. The van der Waals surface area contributed by atoms with Gasteiger partial charge in [0.1, 0.15) is 0 Å². The Kier molecular flexibility index (Phi) is 5.59. The largest absolute Gasteiger partial charge is 0.383 e. The third-order valence-corrected chi connectivity index (χ3v) is 4.59. The third kappa shape index (κ3) is 4.50. The Morgan fingerprint density at radius 3 is 3.00 bits per heavy atom. The normalized spacial score (nSPS) is 27.1. The lowest BCUT2D eigenvalue weighted by atomic mass is 10.0. The van der Waals surface area contributed by atoms with Crippen molar-refractivity contribution in [2.45, 2.75) is 31.6 Å². The summed E-state index contributed by atoms with van der Waals surface area (Å²) in [5.41, 5.74) is 1.29. The molecule has 6 nitrogen and oxygen atoms in total. The van der Waals surface area contributed by atoms with Crippen LogP contribution in [0.5, 0.6) is 0 Å². The molecule has 1 aromatic rings. The lowest BCUT2D eigenvalue weighted by molar-refractivity contribution is -0.124. The summed E-state index contributed by atoms with van der Waals surface area (Å²) >= 11 is 0. The number of hydrogen-bond acceptors (Lipinski definition) is 5. The molecule has 6 heteroatoms. The number of aromatic nitrogens is 1. The van der Waals surface area contributed by atoms with Gasteiger partial charge >= 0.3 is 0 Å². The van der Waals surface area contributed by atoms with E-state index in [-0.39, 0.29) is 18.1 Å². The van der Waals surface area contributed by atoms with Crippen molar-refractivity contribution in [3.63, 3.8) is 0 Å². The van der Waals surface area contributed by atoms with Crippen molar-refractivity contribution in [3.05, 3.63) is 30.1 Å². The summed E-state index contributed by atoms with van der Waals surface area (Å²) in [6.07, 6.45) is 5.45. The highest BCUT2D eigenvalue weighted by molar-refractivity contribution is 5.76. The van der Waals surface area contributed by atoms with E-state index < -0.39 is 0 Å². The van der Waals surface area contributed by atoms with Crippen molar-refractivity contribution >= 4 is 5.91 Å². The minimum Gasteiger partial charge on any atom is -0.383 e. The van der Waals surface area contributed by atoms with Gasteiger partial charge in [0.2, 0.25) is 5.91 Å². The minimum absolute atomic E-state index is 0.0562. The van der Waals surface area contributed by atoms with Gasteiger partial charge < -0.3 is 14.8 Å². The van der Waals surface area contributed by atoms with Crippen LogP contribution < -0.4 is 5.32 Å². The van der Waals surface area contributed by atoms with Crippen molar-refractivity contribution in [1.82, 2.24) is 15.2 Å². The van der Waals surface area contributed by atoms with Crippen molar-refractivity contribution in [2.75, 3.05) is 33.4 Å². The fourth-order valence-electron chi connectivity index (χ4n) is 3.53. The highest BCUT2D eigenvalue weighted by Crippen LogP contribution is 2.34. The lowest BCUT2D eigenvalue weighted by Gasteiger charge is -2.19. The third-order valence-electron chi connectivity index (χ3n) is 4.59. The summed E-state index contributed by atoms with van der Waals surface area (Å²) in [6, 6.07) is 4.12. The summed E-state index contributed by atoms with van der Waals surface area (Å²) < 4.78 is 11.0. The zero-order chi connectivity index (χ0) is 16.1. The Hall–Kier alpha value is -1.50. The van der Waals surface area contributed by atoms with E-state index in [4.69, 9.17) is 9.47 Å². The second-order valence-corrected chi connectivity index (χ2v) is 6.39. The molecule has 3 heterocycles. The first-order valence-corrected chi connectivity index (χ1v) is 8.27. The molecular formula is C17H25N3O3. The van der Waals surface area contributed by atoms with E-state index >= 15 is 0 Å². The molecule has 0 saturated carbocycles. The molecule has 1 amide bonds. The number of rotatable bonds is 7. The molecule has 0 aliphatic carbocycles. The average Bonchev–Trinajstić information content (AvgIpc) is 3.06. The van der Waals surface area contributed by atoms with E-state index in [9.17, 15) is 4.79 Å². The zero-order valence-corrected chi connectivity index (χ0v) is 13.6. The van der Waals surface area contributed by atoms with E-state index in [0.29, 0.717) is 25.5 Å². The summed E-state index contributed by atoms with van der Waals surface area (Å²) in [4.78, 5) is 18.3.